The van der Waals surface area contributed by atoms with E-state index in [1.165, 1.54) is 15.3 Å². The monoisotopic (exact) mass is 178 g/mol. The number of hydrogen-bond acceptors (Lipinski definition) is 2. The van der Waals surface area contributed by atoms with Crippen molar-refractivity contribution < 1.29 is 4.79 Å². The summed E-state index contributed by atoms with van der Waals surface area (Å²) < 4.78 is 1.28. The van der Waals surface area contributed by atoms with Crippen LogP contribution in [-0.4, -0.2) is 6.29 Å². The van der Waals surface area contributed by atoms with Crippen LogP contribution in [0.5, 0.6) is 0 Å². The van der Waals surface area contributed by atoms with Crippen LogP contribution in [0.3, 0.4) is 0 Å². The Morgan fingerprint density at radius 1 is 1.58 bits per heavy atom. The smallest absolute Gasteiger partial charge is 0.151 e. The van der Waals surface area contributed by atoms with Crippen molar-refractivity contribution in [1.82, 2.24) is 0 Å². The highest BCUT2D eigenvalue weighted by molar-refractivity contribution is 7.08. The first-order valence-electron chi connectivity index (χ1n) is 4.05. The molecule has 0 radical (unpaired) electrons. The SMILES string of the molecule is CC1=c2c(C=O)csc2=CCC1. The second-order valence-corrected chi connectivity index (χ2v) is 3.98. The summed E-state index contributed by atoms with van der Waals surface area (Å²) in [5, 5.41) is 3.14. The summed E-state index contributed by atoms with van der Waals surface area (Å²) in [4.78, 5) is 10.7. The third-order valence-corrected chi connectivity index (χ3v) is 3.25. The predicted molar refractivity (Wildman–Crippen MR) is 51.7 cm³/mol. The van der Waals surface area contributed by atoms with Gasteiger partial charge < -0.3 is 0 Å². The van der Waals surface area contributed by atoms with Crippen LogP contribution in [0.1, 0.15) is 30.1 Å². The van der Waals surface area contributed by atoms with Gasteiger partial charge in [0.25, 0.3) is 0 Å². The summed E-state index contributed by atoms with van der Waals surface area (Å²) in [6.45, 7) is 2.12. The van der Waals surface area contributed by atoms with Gasteiger partial charge in [0.1, 0.15) is 0 Å². The molecule has 0 aromatic carbocycles. The van der Waals surface area contributed by atoms with E-state index >= 15 is 0 Å². The molecule has 0 fully saturated rings. The lowest BCUT2D eigenvalue weighted by atomic mass is 10.0. The Labute approximate surface area is 75.0 Å². The first-order chi connectivity index (χ1) is 5.83. The van der Waals surface area contributed by atoms with E-state index in [0.717, 1.165) is 24.7 Å². The van der Waals surface area contributed by atoms with Crippen LogP contribution in [0.4, 0.5) is 0 Å². The molecular weight excluding hydrogens is 168 g/mol. The summed E-state index contributed by atoms with van der Waals surface area (Å²) >= 11 is 1.67. The quantitative estimate of drug-likeness (QED) is 0.592. The molecule has 1 heterocycles. The number of carbonyl (C=O) groups is 1. The third-order valence-electron chi connectivity index (χ3n) is 2.25. The van der Waals surface area contributed by atoms with Crippen molar-refractivity contribution in [2.45, 2.75) is 19.8 Å². The van der Waals surface area contributed by atoms with Crippen molar-refractivity contribution in [2.24, 2.45) is 0 Å². The number of rotatable bonds is 1. The maximum Gasteiger partial charge on any atom is 0.151 e. The molecular formula is C10H10OS. The van der Waals surface area contributed by atoms with E-state index in [1.807, 2.05) is 5.38 Å². The molecule has 0 atom stereocenters. The topological polar surface area (TPSA) is 17.1 Å². The lowest BCUT2D eigenvalue weighted by molar-refractivity contribution is 0.112. The molecule has 1 aliphatic rings. The Kier molecular flexibility index (Phi) is 1.85. The minimum absolute atomic E-state index is 0.864. The van der Waals surface area contributed by atoms with Crippen molar-refractivity contribution in [3.05, 3.63) is 20.7 Å². The van der Waals surface area contributed by atoms with Gasteiger partial charge in [-0.2, -0.15) is 0 Å². The van der Waals surface area contributed by atoms with Gasteiger partial charge in [0.05, 0.1) is 0 Å². The highest BCUT2D eigenvalue weighted by Crippen LogP contribution is 2.08. The Bertz CT molecular complexity index is 425. The number of fused-ring (bicyclic) bond motifs is 1. The summed E-state index contributed by atoms with van der Waals surface area (Å²) in [5.74, 6) is 0. The standard InChI is InChI=1S/C10H10OS/c1-7-3-2-4-9-10(7)8(5-11)6-12-9/h4-6H,2-3H2,1H3. The van der Waals surface area contributed by atoms with Gasteiger partial charge in [-0.1, -0.05) is 11.6 Å². The number of carbonyl (C=O) groups excluding carboxylic acids is 1. The highest BCUT2D eigenvalue weighted by Gasteiger charge is 2.05. The Morgan fingerprint density at radius 3 is 3.17 bits per heavy atom. The highest BCUT2D eigenvalue weighted by atomic mass is 32.1. The van der Waals surface area contributed by atoms with Crippen LogP contribution >= 0.6 is 11.3 Å². The summed E-state index contributed by atoms with van der Waals surface area (Å²) in [6.07, 6.45) is 5.40. The summed E-state index contributed by atoms with van der Waals surface area (Å²) in [6, 6.07) is 0. The van der Waals surface area contributed by atoms with Crippen LogP contribution in [-0.2, 0) is 0 Å². The third kappa shape index (κ3) is 1.03. The molecule has 1 aromatic rings. The molecule has 2 rings (SSSR count). The van der Waals surface area contributed by atoms with Gasteiger partial charge in [-0.15, -0.1) is 11.3 Å². The van der Waals surface area contributed by atoms with E-state index < -0.39 is 0 Å². The van der Waals surface area contributed by atoms with Crippen LogP contribution in [0, 0.1) is 0 Å². The normalized spacial score (nSPS) is 15.2. The van der Waals surface area contributed by atoms with Gasteiger partial charge in [0, 0.05) is 20.7 Å². The van der Waals surface area contributed by atoms with E-state index in [-0.39, 0.29) is 0 Å². The fourth-order valence-corrected chi connectivity index (χ4v) is 2.68. The fraction of sp³-hybridized carbons (Fsp3) is 0.300. The number of thiophene rings is 1. The van der Waals surface area contributed by atoms with E-state index in [0.29, 0.717) is 0 Å². The molecule has 62 valence electrons. The van der Waals surface area contributed by atoms with Crippen molar-refractivity contribution in [2.75, 3.05) is 0 Å². The molecule has 0 amide bonds. The predicted octanol–water partition coefficient (Wildman–Crippen LogP) is 1.31. The maximum atomic E-state index is 10.7. The van der Waals surface area contributed by atoms with Gasteiger partial charge in [0.2, 0.25) is 0 Å². The van der Waals surface area contributed by atoms with E-state index in [2.05, 4.69) is 13.0 Å². The zero-order valence-electron chi connectivity index (χ0n) is 6.96. The van der Waals surface area contributed by atoms with Crippen molar-refractivity contribution in [3.63, 3.8) is 0 Å². The van der Waals surface area contributed by atoms with Crippen molar-refractivity contribution in [3.8, 4) is 0 Å². The van der Waals surface area contributed by atoms with Gasteiger partial charge >= 0.3 is 0 Å². The second-order valence-electron chi connectivity index (χ2n) is 3.07. The molecule has 0 aliphatic heterocycles. The van der Waals surface area contributed by atoms with Gasteiger partial charge in [-0.25, -0.2) is 0 Å². The van der Waals surface area contributed by atoms with E-state index in [4.69, 9.17) is 0 Å². The van der Waals surface area contributed by atoms with Crippen molar-refractivity contribution in [1.29, 1.82) is 0 Å². The van der Waals surface area contributed by atoms with Crippen molar-refractivity contribution >= 4 is 29.3 Å². The summed E-state index contributed by atoms with van der Waals surface area (Å²) in [5.41, 5.74) is 2.22. The molecule has 0 N–H and O–H groups in total. The Morgan fingerprint density at radius 2 is 2.42 bits per heavy atom. The lowest BCUT2D eigenvalue weighted by Gasteiger charge is -2.01. The minimum Gasteiger partial charge on any atom is -0.298 e. The molecule has 1 nitrogen and oxygen atoms in total. The van der Waals surface area contributed by atoms with Gasteiger partial charge in [-0.3, -0.25) is 4.79 Å². The van der Waals surface area contributed by atoms with Gasteiger partial charge in [0.15, 0.2) is 6.29 Å². The zero-order chi connectivity index (χ0) is 8.55. The molecule has 0 bridgehead atoms. The molecule has 1 aromatic heterocycles. The molecule has 0 saturated heterocycles. The molecule has 0 spiro atoms. The number of aldehydes is 1. The Hall–Kier alpha value is -0.890. The van der Waals surface area contributed by atoms with Crippen LogP contribution in [0.25, 0.3) is 11.6 Å². The molecule has 12 heavy (non-hydrogen) atoms. The molecule has 2 heteroatoms. The van der Waals surface area contributed by atoms with Crippen LogP contribution in [0.2, 0.25) is 0 Å². The van der Waals surface area contributed by atoms with E-state index in [1.54, 1.807) is 11.3 Å². The van der Waals surface area contributed by atoms with Crippen LogP contribution in [0.15, 0.2) is 5.38 Å². The largest absolute Gasteiger partial charge is 0.298 e. The average Bonchev–Trinajstić information content (AvgIpc) is 2.49. The molecule has 0 unspecified atom stereocenters. The number of hydrogen-bond donors (Lipinski definition) is 0. The fourth-order valence-electron chi connectivity index (χ4n) is 1.63. The minimum atomic E-state index is 0.864. The van der Waals surface area contributed by atoms with Crippen LogP contribution < -0.4 is 9.75 Å². The average molecular weight is 178 g/mol. The Balaban J connectivity index is 2.90. The second kappa shape index (κ2) is 2.87. The zero-order valence-corrected chi connectivity index (χ0v) is 7.78. The molecule has 1 aliphatic carbocycles. The first-order valence-corrected chi connectivity index (χ1v) is 4.93. The lowest BCUT2D eigenvalue weighted by Crippen LogP contribution is -2.26. The molecule has 0 saturated carbocycles. The van der Waals surface area contributed by atoms with E-state index in [9.17, 15) is 4.79 Å². The first kappa shape index (κ1) is 7.74. The maximum absolute atomic E-state index is 10.7. The van der Waals surface area contributed by atoms with Gasteiger partial charge in [-0.05, 0) is 19.8 Å². The summed E-state index contributed by atoms with van der Waals surface area (Å²) in [7, 11) is 0.